The molecule has 1 amide bonds. The Morgan fingerprint density at radius 1 is 1.33 bits per heavy atom. The van der Waals surface area contributed by atoms with Crippen molar-refractivity contribution in [1.29, 1.82) is 0 Å². The van der Waals surface area contributed by atoms with Gasteiger partial charge in [0.05, 0.1) is 12.0 Å². The summed E-state index contributed by atoms with van der Waals surface area (Å²) in [6.07, 6.45) is 2.63. The Bertz CT molecular complexity index is 612. The second kappa shape index (κ2) is 6.93. The summed E-state index contributed by atoms with van der Waals surface area (Å²) < 4.78 is 5.43. The number of carbonyl (C=O) groups excluding carboxylic acids is 1. The maximum absolute atomic E-state index is 12.5. The van der Waals surface area contributed by atoms with Crippen LogP contribution in [-0.2, 0) is 20.7 Å². The van der Waals surface area contributed by atoms with Gasteiger partial charge in [0, 0.05) is 32.0 Å². The molecular weight excluding hydrogens is 306 g/mol. The average molecular weight is 331 g/mol. The first-order valence-electron chi connectivity index (χ1n) is 8.66. The van der Waals surface area contributed by atoms with Crippen LogP contribution in [0.3, 0.4) is 0 Å². The molecule has 3 rings (SSSR count). The van der Waals surface area contributed by atoms with Crippen molar-refractivity contribution in [2.24, 2.45) is 11.3 Å². The zero-order valence-corrected chi connectivity index (χ0v) is 14.2. The lowest BCUT2D eigenvalue weighted by Gasteiger charge is -2.33. The van der Waals surface area contributed by atoms with Gasteiger partial charge >= 0.3 is 5.97 Å². The third kappa shape index (κ3) is 3.31. The lowest BCUT2D eigenvalue weighted by atomic mass is 9.74. The number of hydrogen-bond acceptors (Lipinski definition) is 3. The molecule has 0 saturated carbocycles. The summed E-state index contributed by atoms with van der Waals surface area (Å²) in [6.45, 7) is 3.81. The highest BCUT2D eigenvalue weighted by atomic mass is 16.5. The van der Waals surface area contributed by atoms with Gasteiger partial charge in [-0.15, -0.1) is 0 Å². The number of fused-ring (bicyclic) bond motifs is 1. The van der Waals surface area contributed by atoms with E-state index < -0.39 is 11.4 Å². The van der Waals surface area contributed by atoms with Gasteiger partial charge in [-0.25, -0.2) is 0 Å². The molecule has 0 aliphatic carbocycles. The van der Waals surface area contributed by atoms with Gasteiger partial charge in [0.2, 0.25) is 5.91 Å². The Morgan fingerprint density at radius 3 is 2.75 bits per heavy atom. The molecule has 24 heavy (non-hydrogen) atoms. The number of carboxylic acids is 1. The van der Waals surface area contributed by atoms with E-state index >= 15 is 0 Å². The van der Waals surface area contributed by atoms with Crippen molar-refractivity contribution in [3.05, 3.63) is 35.4 Å². The average Bonchev–Trinajstić information content (AvgIpc) is 2.98. The third-order valence-corrected chi connectivity index (χ3v) is 5.46. The van der Waals surface area contributed by atoms with E-state index in [9.17, 15) is 14.7 Å². The van der Waals surface area contributed by atoms with E-state index in [2.05, 4.69) is 31.2 Å². The second-order valence-corrected chi connectivity index (χ2v) is 7.10. The van der Waals surface area contributed by atoms with Gasteiger partial charge < -0.3 is 14.7 Å². The van der Waals surface area contributed by atoms with Crippen LogP contribution in [0.1, 0.15) is 30.4 Å². The zero-order chi connectivity index (χ0) is 17.2. The molecule has 2 fully saturated rings. The van der Waals surface area contributed by atoms with Crippen LogP contribution in [0.5, 0.6) is 0 Å². The number of hydrogen-bond donors (Lipinski definition) is 1. The number of nitrogens with zero attached hydrogens (tertiary/aromatic N) is 1. The smallest absolute Gasteiger partial charge is 0.311 e. The summed E-state index contributed by atoms with van der Waals surface area (Å²) in [5.41, 5.74) is 1.67. The van der Waals surface area contributed by atoms with Gasteiger partial charge in [-0.3, -0.25) is 9.59 Å². The zero-order valence-electron chi connectivity index (χ0n) is 14.2. The summed E-state index contributed by atoms with van der Waals surface area (Å²) >= 11 is 0. The first kappa shape index (κ1) is 17.0. The molecule has 1 N–H and O–H groups in total. The van der Waals surface area contributed by atoms with Gasteiger partial charge in [0.15, 0.2) is 0 Å². The number of benzene rings is 1. The standard InChI is InChI=1S/C19H25NO4/c1-14-5-7-15(8-6-14)3-2-4-17(21)20-11-16-12-24-10-9-19(16,13-20)18(22)23/h5-8,16H,2-4,9-13H2,1H3,(H,22,23)/t16-,19+/m0/s1. The van der Waals surface area contributed by atoms with Crippen molar-refractivity contribution < 1.29 is 19.4 Å². The van der Waals surface area contributed by atoms with Crippen LogP contribution in [-0.4, -0.2) is 48.2 Å². The number of aliphatic carboxylic acids is 1. The van der Waals surface area contributed by atoms with Gasteiger partial charge in [0.1, 0.15) is 0 Å². The maximum atomic E-state index is 12.5. The fraction of sp³-hybridized carbons (Fsp3) is 0.579. The highest BCUT2D eigenvalue weighted by Crippen LogP contribution is 2.42. The third-order valence-electron chi connectivity index (χ3n) is 5.46. The largest absolute Gasteiger partial charge is 0.481 e. The number of ether oxygens (including phenoxy) is 1. The van der Waals surface area contributed by atoms with Crippen molar-refractivity contribution in [3.63, 3.8) is 0 Å². The van der Waals surface area contributed by atoms with E-state index in [0.29, 0.717) is 39.1 Å². The molecule has 2 atom stereocenters. The summed E-state index contributed by atoms with van der Waals surface area (Å²) in [7, 11) is 0. The molecule has 0 unspecified atom stereocenters. The quantitative estimate of drug-likeness (QED) is 0.899. The molecule has 0 aromatic heterocycles. The molecule has 1 aromatic rings. The first-order chi connectivity index (χ1) is 11.5. The van der Waals surface area contributed by atoms with Crippen LogP contribution in [0, 0.1) is 18.3 Å². The van der Waals surface area contributed by atoms with E-state index in [1.165, 1.54) is 11.1 Å². The lowest BCUT2D eigenvalue weighted by Crippen LogP contribution is -2.45. The molecule has 0 bridgehead atoms. The van der Waals surface area contributed by atoms with Crippen LogP contribution >= 0.6 is 0 Å². The van der Waals surface area contributed by atoms with Crippen molar-refractivity contribution in [3.8, 4) is 0 Å². The Labute approximate surface area is 142 Å². The molecule has 5 heteroatoms. The van der Waals surface area contributed by atoms with Gasteiger partial charge in [-0.1, -0.05) is 29.8 Å². The van der Waals surface area contributed by atoms with E-state index in [-0.39, 0.29) is 11.8 Å². The van der Waals surface area contributed by atoms with Crippen molar-refractivity contribution in [2.75, 3.05) is 26.3 Å². The number of carbonyl (C=O) groups is 2. The number of rotatable bonds is 5. The SMILES string of the molecule is Cc1ccc(CCCC(=O)N2C[C@H]3COCC[C@@]3(C(=O)O)C2)cc1. The molecule has 1 aromatic carbocycles. The van der Waals surface area contributed by atoms with Crippen LogP contribution < -0.4 is 0 Å². The molecule has 2 aliphatic heterocycles. The summed E-state index contributed by atoms with van der Waals surface area (Å²) in [5, 5.41) is 9.65. The fourth-order valence-electron chi connectivity index (χ4n) is 3.85. The Balaban J connectivity index is 1.54. The first-order valence-corrected chi connectivity index (χ1v) is 8.66. The van der Waals surface area contributed by atoms with E-state index in [1.807, 2.05) is 0 Å². The van der Waals surface area contributed by atoms with Crippen LogP contribution in [0.4, 0.5) is 0 Å². The number of carboxylic acid groups (broad SMARTS) is 1. The minimum absolute atomic E-state index is 0.0668. The minimum Gasteiger partial charge on any atom is -0.481 e. The Kier molecular flexibility index (Phi) is 4.90. The molecule has 2 saturated heterocycles. The molecule has 0 spiro atoms. The molecule has 2 heterocycles. The van der Waals surface area contributed by atoms with E-state index in [1.54, 1.807) is 4.90 Å². The van der Waals surface area contributed by atoms with Crippen LogP contribution in [0.25, 0.3) is 0 Å². The lowest BCUT2D eigenvalue weighted by molar-refractivity contribution is -0.157. The summed E-state index contributed by atoms with van der Waals surface area (Å²) in [6, 6.07) is 8.36. The monoisotopic (exact) mass is 331 g/mol. The van der Waals surface area contributed by atoms with Crippen molar-refractivity contribution in [1.82, 2.24) is 4.90 Å². The molecular formula is C19H25NO4. The van der Waals surface area contributed by atoms with Gasteiger partial charge in [0.25, 0.3) is 0 Å². The number of amides is 1. The highest BCUT2D eigenvalue weighted by molar-refractivity contribution is 5.81. The molecule has 2 aliphatic rings. The molecule has 0 radical (unpaired) electrons. The predicted molar refractivity (Wildman–Crippen MR) is 89.7 cm³/mol. The summed E-state index contributed by atoms with van der Waals surface area (Å²) in [4.78, 5) is 26.0. The Hall–Kier alpha value is -1.88. The number of aryl methyl sites for hydroxylation is 2. The van der Waals surface area contributed by atoms with Gasteiger partial charge in [-0.2, -0.15) is 0 Å². The van der Waals surface area contributed by atoms with Crippen molar-refractivity contribution in [2.45, 2.75) is 32.6 Å². The molecule has 130 valence electrons. The normalized spacial score (nSPS) is 26.2. The van der Waals surface area contributed by atoms with Crippen LogP contribution in [0.15, 0.2) is 24.3 Å². The number of likely N-dealkylation sites (tertiary alicyclic amines) is 1. The molecule has 5 nitrogen and oxygen atoms in total. The highest BCUT2D eigenvalue weighted by Gasteiger charge is 2.54. The maximum Gasteiger partial charge on any atom is 0.311 e. The van der Waals surface area contributed by atoms with Crippen LogP contribution in [0.2, 0.25) is 0 Å². The van der Waals surface area contributed by atoms with Gasteiger partial charge in [-0.05, 0) is 31.7 Å². The van der Waals surface area contributed by atoms with Crippen molar-refractivity contribution >= 4 is 11.9 Å². The minimum atomic E-state index is -0.801. The predicted octanol–water partition coefficient (Wildman–Crippen LogP) is 2.27. The fourth-order valence-corrected chi connectivity index (χ4v) is 3.85. The van der Waals surface area contributed by atoms with E-state index in [0.717, 1.165) is 12.8 Å². The van der Waals surface area contributed by atoms with E-state index in [4.69, 9.17) is 4.74 Å². The Morgan fingerprint density at radius 2 is 2.08 bits per heavy atom. The summed E-state index contributed by atoms with van der Waals surface area (Å²) in [5.74, 6) is -0.798. The topological polar surface area (TPSA) is 66.8 Å². The second-order valence-electron chi connectivity index (χ2n) is 7.10.